The predicted molar refractivity (Wildman–Crippen MR) is 120 cm³/mol. The Morgan fingerprint density at radius 2 is 2.09 bits per heavy atom. The van der Waals surface area contributed by atoms with Crippen molar-refractivity contribution in [2.24, 2.45) is 0 Å². The molecule has 0 radical (unpaired) electrons. The minimum atomic E-state index is -0.382. The molecule has 0 spiro atoms. The van der Waals surface area contributed by atoms with Crippen LogP contribution in [-0.2, 0) is 9.53 Å². The van der Waals surface area contributed by atoms with Crippen LogP contribution in [0.1, 0.15) is 41.9 Å². The Kier molecular flexibility index (Phi) is 6.80. The molecule has 170 valence electrons. The first kappa shape index (κ1) is 22.0. The third-order valence-electron chi connectivity index (χ3n) is 5.68. The number of amides is 2. The maximum absolute atomic E-state index is 13.4. The van der Waals surface area contributed by atoms with Gasteiger partial charge in [0.25, 0.3) is 11.8 Å². The number of methoxy groups -OCH3 is 1. The fourth-order valence-corrected chi connectivity index (χ4v) is 4.12. The zero-order valence-electron chi connectivity index (χ0n) is 18.4. The van der Waals surface area contributed by atoms with E-state index in [1.807, 2.05) is 48.2 Å². The van der Waals surface area contributed by atoms with Gasteiger partial charge in [0.2, 0.25) is 0 Å². The van der Waals surface area contributed by atoms with Crippen LogP contribution in [0.15, 0.2) is 42.5 Å². The summed E-state index contributed by atoms with van der Waals surface area (Å²) in [5.74, 6) is 0.737. The van der Waals surface area contributed by atoms with Gasteiger partial charge in [0.15, 0.2) is 18.1 Å². The van der Waals surface area contributed by atoms with Crippen molar-refractivity contribution in [1.82, 2.24) is 10.2 Å². The largest absolute Gasteiger partial charge is 0.493 e. The van der Waals surface area contributed by atoms with E-state index in [9.17, 15) is 9.59 Å². The molecular formula is C24H29N3O5. The third-order valence-corrected chi connectivity index (χ3v) is 5.68. The summed E-state index contributed by atoms with van der Waals surface area (Å²) >= 11 is 0. The number of anilines is 1. The smallest absolute Gasteiger partial charge is 0.257 e. The number of nitrogens with one attached hydrogen (secondary N) is 2. The Morgan fingerprint density at radius 3 is 2.84 bits per heavy atom. The minimum Gasteiger partial charge on any atom is -0.493 e. The van der Waals surface area contributed by atoms with Gasteiger partial charge in [-0.05, 0) is 49.6 Å². The Hall–Kier alpha value is -3.26. The first-order chi connectivity index (χ1) is 15.6. The quantitative estimate of drug-likeness (QED) is 0.658. The van der Waals surface area contributed by atoms with Crippen LogP contribution >= 0.6 is 0 Å². The van der Waals surface area contributed by atoms with Gasteiger partial charge < -0.3 is 29.7 Å². The predicted octanol–water partition coefficient (Wildman–Crippen LogP) is 2.96. The Bertz CT molecular complexity index is 974. The summed E-state index contributed by atoms with van der Waals surface area (Å²) in [5.41, 5.74) is 2.30. The number of nitrogens with zero attached hydrogens (tertiary/aromatic N) is 1. The number of ether oxygens (including phenoxy) is 3. The highest BCUT2D eigenvalue weighted by molar-refractivity contribution is 6.01. The van der Waals surface area contributed by atoms with Crippen LogP contribution in [0, 0.1) is 0 Å². The van der Waals surface area contributed by atoms with E-state index in [0.717, 1.165) is 30.7 Å². The SMILES string of the molecule is CCNC(=O)COc1ccc([C@H]2Nc3ccccc3C(=O)N2C[C@H]2CCCO2)cc1OC. The molecule has 32 heavy (non-hydrogen) atoms. The highest BCUT2D eigenvalue weighted by Gasteiger charge is 2.35. The molecule has 2 aromatic rings. The van der Waals surface area contributed by atoms with Crippen LogP contribution in [0.3, 0.4) is 0 Å². The third kappa shape index (κ3) is 4.65. The maximum atomic E-state index is 13.4. The second kappa shape index (κ2) is 9.91. The molecule has 2 aliphatic rings. The van der Waals surface area contributed by atoms with Crippen LogP contribution in [-0.4, -0.2) is 56.2 Å². The average Bonchev–Trinajstić information content (AvgIpc) is 3.33. The van der Waals surface area contributed by atoms with E-state index in [4.69, 9.17) is 14.2 Å². The summed E-state index contributed by atoms with van der Waals surface area (Å²) in [6.45, 7) is 3.53. The lowest BCUT2D eigenvalue weighted by molar-refractivity contribution is -0.123. The first-order valence-corrected chi connectivity index (χ1v) is 11.0. The Balaban J connectivity index is 1.61. The van der Waals surface area contributed by atoms with Crippen molar-refractivity contribution in [3.63, 3.8) is 0 Å². The monoisotopic (exact) mass is 439 g/mol. The van der Waals surface area contributed by atoms with Gasteiger partial charge in [-0.25, -0.2) is 0 Å². The van der Waals surface area contributed by atoms with Gasteiger partial charge in [0.1, 0.15) is 6.17 Å². The van der Waals surface area contributed by atoms with Gasteiger partial charge in [0.05, 0.1) is 18.8 Å². The number of hydrogen-bond donors (Lipinski definition) is 2. The zero-order valence-corrected chi connectivity index (χ0v) is 18.4. The lowest BCUT2D eigenvalue weighted by Crippen LogP contribution is -2.46. The van der Waals surface area contributed by atoms with Crippen LogP contribution in [0.4, 0.5) is 5.69 Å². The lowest BCUT2D eigenvalue weighted by Gasteiger charge is -2.39. The van der Waals surface area contributed by atoms with Crippen molar-refractivity contribution in [2.75, 3.05) is 38.7 Å². The molecule has 2 N–H and O–H groups in total. The number of para-hydroxylation sites is 1. The molecular weight excluding hydrogens is 410 g/mol. The van der Waals surface area contributed by atoms with Crippen molar-refractivity contribution in [3.8, 4) is 11.5 Å². The molecule has 2 amide bonds. The van der Waals surface area contributed by atoms with Gasteiger partial charge in [-0.1, -0.05) is 18.2 Å². The van der Waals surface area contributed by atoms with E-state index in [1.165, 1.54) is 0 Å². The van der Waals surface area contributed by atoms with Gasteiger partial charge in [-0.3, -0.25) is 9.59 Å². The van der Waals surface area contributed by atoms with Gasteiger partial charge >= 0.3 is 0 Å². The Labute approximate surface area is 187 Å². The topological polar surface area (TPSA) is 89.1 Å². The molecule has 8 heteroatoms. The first-order valence-electron chi connectivity index (χ1n) is 11.0. The molecule has 1 saturated heterocycles. The summed E-state index contributed by atoms with van der Waals surface area (Å²) in [4.78, 5) is 26.9. The molecule has 0 aromatic heterocycles. The fourth-order valence-electron chi connectivity index (χ4n) is 4.12. The van der Waals surface area contributed by atoms with E-state index in [0.29, 0.717) is 30.2 Å². The summed E-state index contributed by atoms with van der Waals surface area (Å²) in [6, 6.07) is 13.0. The second-order valence-corrected chi connectivity index (χ2v) is 7.84. The molecule has 2 aromatic carbocycles. The Morgan fingerprint density at radius 1 is 1.25 bits per heavy atom. The second-order valence-electron chi connectivity index (χ2n) is 7.84. The number of fused-ring (bicyclic) bond motifs is 1. The van der Waals surface area contributed by atoms with Gasteiger partial charge in [0, 0.05) is 25.4 Å². The number of hydrogen-bond acceptors (Lipinski definition) is 6. The molecule has 0 aliphatic carbocycles. The van der Waals surface area contributed by atoms with Crippen molar-refractivity contribution >= 4 is 17.5 Å². The van der Waals surface area contributed by atoms with Gasteiger partial charge in [-0.2, -0.15) is 0 Å². The van der Waals surface area contributed by atoms with Crippen LogP contribution in [0.2, 0.25) is 0 Å². The summed E-state index contributed by atoms with van der Waals surface area (Å²) in [7, 11) is 1.55. The molecule has 1 fully saturated rings. The number of carbonyl (C=O) groups is 2. The number of rotatable bonds is 8. The van der Waals surface area contributed by atoms with Crippen LogP contribution < -0.4 is 20.1 Å². The summed E-state index contributed by atoms with van der Waals surface area (Å²) < 4.78 is 17.0. The fraction of sp³-hybridized carbons (Fsp3) is 0.417. The van der Waals surface area contributed by atoms with E-state index >= 15 is 0 Å². The number of likely N-dealkylation sites (N-methyl/N-ethyl adjacent to an activating group) is 1. The molecule has 0 unspecified atom stereocenters. The maximum Gasteiger partial charge on any atom is 0.257 e. The highest BCUT2D eigenvalue weighted by atomic mass is 16.5. The zero-order chi connectivity index (χ0) is 22.5. The standard InChI is InChI=1S/C24H29N3O5/c1-3-25-22(28)15-32-20-11-10-16(13-21(20)30-2)23-26-19-9-5-4-8-18(19)24(29)27(23)14-17-7-6-12-31-17/h4-5,8-11,13,17,23,26H,3,6-7,12,14-15H2,1-2H3,(H,25,28)/t17-,23+/m1/s1. The van der Waals surface area contributed by atoms with E-state index < -0.39 is 0 Å². The van der Waals surface area contributed by atoms with Crippen molar-refractivity contribution in [1.29, 1.82) is 0 Å². The van der Waals surface area contributed by atoms with E-state index in [2.05, 4.69) is 10.6 Å². The molecule has 0 bridgehead atoms. The summed E-state index contributed by atoms with van der Waals surface area (Å²) in [5, 5.41) is 6.19. The molecule has 0 saturated carbocycles. The van der Waals surface area contributed by atoms with Crippen molar-refractivity contribution in [3.05, 3.63) is 53.6 Å². The molecule has 2 aliphatic heterocycles. The van der Waals surface area contributed by atoms with Gasteiger partial charge in [-0.15, -0.1) is 0 Å². The number of carbonyl (C=O) groups excluding carboxylic acids is 2. The number of benzene rings is 2. The van der Waals surface area contributed by atoms with Crippen molar-refractivity contribution in [2.45, 2.75) is 32.0 Å². The molecule has 2 atom stereocenters. The lowest BCUT2D eigenvalue weighted by atomic mass is 10.0. The average molecular weight is 440 g/mol. The molecule has 8 nitrogen and oxygen atoms in total. The van der Waals surface area contributed by atoms with Crippen LogP contribution in [0.25, 0.3) is 0 Å². The van der Waals surface area contributed by atoms with Crippen LogP contribution in [0.5, 0.6) is 11.5 Å². The van der Waals surface area contributed by atoms with E-state index in [-0.39, 0.29) is 30.7 Å². The summed E-state index contributed by atoms with van der Waals surface area (Å²) in [6.07, 6.45) is 1.59. The van der Waals surface area contributed by atoms with E-state index in [1.54, 1.807) is 13.2 Å². The molecule has 2 heterocycles. The van der Waals surface area contributed by atoms with Crippen molar-refractivity contribution < 1.29 is 23.8 Å². The molecule has 4 rings (SSSR count). The minimum absolute atomic E-state index is 0.0232. The normalized spacial score (nSPS) is 19.8. The highest BCUT2D eigenvalue weighted by Crippen LogP contribution is 2.37.